The van der Waals surface area contributed by atoms with Crippen LogP contribution < -0.4 is 10.6 Å². The molecule has 3 amide bonds. The Balaban J connectivity index is 1.86. The van der Waals surface area contributed by atoms with Gasteiger partial charge in [-0.3, -0.25) is 10.1 Å². The van der Waals surface area contributed by atoms with Gasteiger partial charge in [0.15, 0.2) is 0 Å². The number of carbonyl (C=O) groups excluding carboxylic acids is 2. The average molecular weight is 355 g/mol. The summed E-state index contributed by atoms with van der Waals surface area (Å²) in [4.78, 5) is 23.0. The Kier molecular flexibility index (Phi) is 6.00. The normalized spacial score (nSPS) is 10.6. The predicted octanol–water partition coefficient (Wildman–Crippen LogP) is 2.72. The van der Waals surface area contributed by atoms with E-state index in [0.29, 0.717) is 10.9 Å². The fourth-order valence-corrected chi connectivity index (χ4v) is 2.25. The van der Waals surface area contributed by atoms with Crippen LogP contribution >= 0.6 is 23.4 Å². The minimum absolute atomic E-state index is 0.00618. The maximum absolute atomic E-state index is 11.6. The molecule has 1 aromatic carbocycles. The topological polar surface area (TPSA) is 97.1 Å². The molecule has 2 rings (SSSR count). The van der Waals surface area contributed by atoms with Gasteiger partial charge in [-0.05, 0) is 38.1 Å². The first-order valence-electron chi connectivity index (χ1n) is 6.76. The number of amides is 3. The van der Waals surface area contributed by atoms with Gasteiger partial charge in [0, 0.05) is 16.6 Å². The van der Waals surface area contributed by atoms with Crippen molar-refractivity contribution in [3.8, 4) is 11.5 Å². The number of nitrogens with zero attached hydrogens (tertiary/aromatic N) is 2. The first-order chi connectivity index (χ1) is 10.9. The number of urea groups is 1. The van der Waals surface area contributed by atoms with Crippen LogP contribution in [0.3, 0.4) is 0 Å². The summed E-state index contributed by atoms with van der Waals surface area (Å²) >= 11 is 6.86. The van der Waals surface area contributed by atoms with Crippen molar-refractivity contribution in [3.63, 3.8) is 0 Å². The third-order valence-electron chi connectivity index (χ3n) is 2.50. The molecule has 0 atom stereocenters. The number of benzene rings is 1. The number of imide groups is 1. The lowest BCUT2D eigenvalue weighted by Crippen LogP contribution is -2.43. The van der Waals surface area contributed by atoms with Gasteiger partial charge in [-0.15, -0.1) is 10.2 Å². The molecule has 2 aromatic rings. The van der Waals surface area contributed by atoms with Crippen LogP contribution in [0.2, 0.25) is 5.02 Å². The van der Waals surface area contributed by atoms with Gasteiger partial charge in [0.2, 0.25) is 11.8 Å². The first kappa shape index (κ1) is 17.3. The van der Waals surface area contributed by atoms with Crippen molar-refractivity contribution in [2.45, 2.75) is 25.1 Å². The number of carbonyl (C=O) groups is 2. The second kappa shape index (κ2) is 7.98. The molecule has 0 bridgehead atoms. The van der Waals surface area contributed by atoms with E-state index in [9.17, 15) is 9.59 Å². The predicted molar refractivity (Wildman–Crippen MR) is 87.3 cm³/mol. The van der Waals surface area contributed by atoms with Gasteiger partial charge in [-0.1, -0.05) is 23.4 Å². The van der Waals surface area contributed by atoms with Crippen molar-refractivity contribution in [3.05, 3.63) is 29.3 Å². The Labute approximate surface area is 142 Å². The highest BCUT2D eigenvalue weighted by atomic mass is 35.5. The molecule has 0 saturated heterocycles. The standard InChI is InChI=1S/C14H15ClN4O3S/c1-8(2)16-13(21)17-11(20)7-23-14-19-18-12(22-14)9-3-5-10(15)6-4-9/h3-6,8H,7H2,1-2H3,(H2,16,17,20,21). The number of aromatic nitrogens is 2. The van der Waals surface area contributed by atoms with E-state index < -0.39 is 11.9 Å². The average Bonchev–Trinajstić information content (AvgIpc) is 2.94. The molecule has 2 N–H and O–H groups in total. The van der Waals surface area contributed by atoms with Gasteiger partial charge in [-0.2, -0.15) is 0 Å². The van der Waals surface area contributed by atoms with Crippen LogP contribution in [0.25, 0.3) is 11.5 Å². The Morgan fingerprint density at radius 1 is 1.26 bits per heavy atom. The second-order valence-electron chi connectivity index (χ2n) is 4.85. The lowest BCUT2D eigenvalue weighted by atomic mass is 10.2. The number of nitrogens with one attached hydrogen (secondary N) is 2. The molecular formula is C14H15ClN4O3S. The van der Waals surface area contributed by atoms with E-state index in [1.54, 1.807) is 38.1 Å². The summed E-state index contributed by atoms with van der Waals surface area (Å²) in [6.07, 6.45) is 0. The van der Waals surface area contributed by atoms with Crippen LogP contribution in [0.1, 0.15) is 13.8 Å². The summed E-state index contributed by atoms with van der Waals surface area (Å²) in [5.41, 5.74) is 0.731. The Morgan fingerprint density at radius 3 is 2.61 bits per heavy atom. The van der Waals surface area contributed by atoms with E-state index in [1.165, 1.54) is 0 Å². The monoisotopic (exact) mass is 354 g/mol. The van der Waals surface area contributed by atoms with Gasteiger partial charge < -0.3 is 9.73 Å². The van der Waals surface area contributed by atoms with Crippen molar-refractivity contribution in [2.75, 3.05) is 5.75 Å². The molecule has 0 aliphatic carbocycles. The van der Waals surface area contributed by atoms with Crippen molar-refractivity contribution >= 4 is 35.3 Å². The maximum atomic E-state index is 11.6. The van der Waals surface area contributed by atoms with Crippen molar-refractivity contribution in [1.82, 2.24) is 20.8 Å². The molecule has 0 radical (unpaired) electrons. The van der Waals surface area contributed by atoms with Gasteiger partial charge in [0.05, 0.1) is 5.75 Å². The van der Waals surface area contributed by atoms with Crippen LogP contribution in [0.4, 0.5) is 4.79 Å². The summed E-state index contributed by atoms with van der Waals surface area (Å²) in [5.74, 6) is -0.116. The van der Waals surface area contributed by atoms with Gasteiger partial charge in [-0.25, -0.2) is 4.79 Å². The van der Waals surface area contributed by atoms with E-state index >= 15 is 0 Å². The number of thioether (sulfide) groups is 1. The molecule has 0 saturated carbocycles. The molecular weight excluding hydrogens is 340 g/mol. The van der Waals surface area contributed by atoms with Crippen molar-refractivity contribution < 1.29 is 14.0 Å². The summed E-state index contributed by atoms with van der Waals surface area (Å²) in [5, 5.41) is 13.4. The molecule has 0 aliphatic heterocycles. The number of rotatable bonds is 5. The molecule has 0 fully saturated rings. The molecule has 0 aliphatic rings. The summed E-state index contributed by atoms with van der Waals surface area (Å²) < 4.78 is 5.45. The quantitative estimate of drug-likeness (QED) is 0.801. The largest absolute Gasteiger partial charge is 0.411 e. The SMILES string of the molecule is CC(C)NC(=O)NC(=O)CSc1nnc(-c2ccc(Cl)cc2)o1. The fourth-order valence-electron chi connectivity index (χ4n) is 1.57. The highest BCUT2D eigenvalue weighted by molar-refractivity contribution is 7.99. The minimum Gasteiger partial charge on any atom is -0.411 e. The first-order valence-corrected chi connectivity index (χ1v) is 8.13. The Morgan fingerprint density at radius 2 is 1.96 bits per heavy atom. The van der Waals surface area contributed by atoms with Crippen LogP contribution in [0.15, 0.2) is 33.9 Å². The van der Waals surface area contributed by atoms with E-state index in [0.717, 1.165) is 17.3 Å². The van der Waals surface area contributed by atoms with Crippen molar-refractivity contribution in [2.24, 2.45) is 0 Å². The van der Waals surface area contributed by atoms with Gasteiger partial charge in [0.25, 0.3) is 5.22 Å². The van der Waals surface area contributed by atoms with Crippen LogP contribution in [-0.2, 0) is 4.79 Å². The maximum Gasteiger partial charge on any atom is 0.321 e. The zero-order valence-electron chi connectivity index (χ0n) is 12.5. The van der Waals surface area contributed by atoms with Gasteiger partial charge >= 0.3 is 6.03 Å². The number of hydrogen-bond donors (Lipinski definition) is 2. The number of halogens is 1. The van der Waals surface area contributed by atoms with Gasteiger partial charge in [0.1, 0.15) is 0 Å². The molecule has 7 nitrogen and oxygen atoms in total. The molecule has 122 valence electrons. The zero-order valence-corrected chi connectivity index (χ0v) is 14.1. The van der Waals surface area contributed by atoms with Crippen molar-refractivity contribution in [1.29, 1.82) is 0 Å². The lowest BCUT2D eigenvalue weighted by Gasteiger charge is -2.08. The smallest absolute Gasteiger partial charge is 0.321 e. The molecule has 0 spiro atoms. The van der Waals surface area contributed by atoms with Crippen LogP contribution in [-0.4, -0.2) is 33.9 Å². The Hall–Kier alpha value is -2.06. The van der Waals surface area contributed by atoms with E-state index in [4.69, 9.17) is 16.0 Å². The fraction of sp³-hybridized carbons (Fsp3) is 0.286. The highest BCUT2D eigenvalue weighted by Gasteiger charge is 2.13. The molecule has 1 aromatic heterocycles. The van der Waals surface area contributed by atoms with E-state index in [1.807, 2.05) is 0 Å². The summed E-state index contributed by atoms with van der Waals surface area (Å²) in [6.45, 7) is 3.60. The molecule has 0 unspecified atom stereocenters. The Bertz CT molecular complexity index is 688. The van der Waals surface area contributed by atoms with Crippen LogP contribution in [0, 0.1) is 0 Å². The van der Waals surface area contributed by atoms with E-state index in [2.05, 4.69) is 20.8 Å². The third-order valence-corrected chi connectivity index (χ3v) is 3.57. The van der Waals surface area contributed by atoms with E-state index in [-0.39, 0.29) is 17.0 Å². The highest BCUT2D eigenvalue weighted by Crippen LogP contribution is 2.24. The zero-order chi connectivity index (χ0) is 16.8. The molecule has 23 heavy (non-hydrogen) atoms. The summed E-state index contributed by atoms with van der Waals surface area (Å²) in [6, 6.07) is 6.37. The van der Waals surface area contributed by atoms with Crippen LogP contribution in [0.5, 0.6) is 0 Å². The second-order valence-corrected chi connectivity index (χ2v) is 6.21. The lowest BCUT2D eigenvalue weighted by molar-refractivity contribution is -0.117. The molecule has 9 heteroatoms. The minimum atomic E-state index is -0.530. The molecule has 1 heterocycles. The number of hydrogen-bond acceptors (Lipinski definition) is 6. The third kappa shape index (κ3) is 5.57. The summed E-state index contributed by atoms with van der Waals surface area (Å²) in [7, 11) is 0.